The summed E-state index contributed by atoms with van der Waals surface area (Å²) < 4.78 is 33.3. The number of thiophene rings is 1. The zero-order valence-corrected chi connectivity index (χ0v) is 14.1. The lowest BCUT2D eigenvalue weighted by Crippen LogP contribution is -2.28. The van der Waals surface area contributed by atoms with E-state index in [1.807, 2.05) is 19.9 Å². The van der Waals surface area contributed by atoms with Crippen molar-refractivity contribution in [2.45, 2.75) is 25.3 Å². The molecule has 0 aromatic carbocycles. The number of ether oxygens (including phenoxy) is 1. The summed E-state index contributed by atoms with van der Waals surface area (Å²) in [5, 5.41) is 5.80. The molecule has 120 valence electrons. The molecule has 0 spiro atoms. The van der Waals surface area contributed by atoms with Crippen LogP contribution in [0.25, 0.3) is 0 Å². The normalized spacial score (nSPS) is 11.6. The number of nitrogens with one attached hydrogen (secondary N) is 1. The summed E-state index contributed by atoms with van der Waals surface area (Å²) >= 11 is 1.03. The zero-order chi connectivity index (χ0) is 16.3. The number of carbonyl (C=O) groups is 1. The Morgan fingerprint density at radius 1 is 1.45 bits per heavy atom. The van der Waals surface area contributed by atoms with Gasteiger partial charge in [0.25, 0.3) is 0 Å². The highest BCUT2D eigenvalue weighted by molar-refractivity contribution is 7.89. The maximum Gasteiger partial charge on any atom is 0.349 e. The zero-order valence-electron chi connectivity index (χ0n) is 12.5. The third kappa shape index (κ3) is 3.54. The van der Waals surface area contributed by atoms with Crippen molar-refractivity contribution >= 4 is 27.3 Å². The first-order valence-electron chi connectivity index (χ1n) is 6.51. The first kappa shape index (κ1) is 16.7. The molecule has 0 aliphatic heterocycles. The summed E-state index contributed by atoms with van der Waals surface area (Å²) in [5.74, 6) is -0.658. The molecule has 2 heterocycles. The van der Waals surface area contributed by atoms with Crippen molar-refractivity contribution in [3.05, 3.63) is 33.8 Å². The molecule has 0 bridgehead atoms. The second-order valence-corrected chi connectivity index (χ2v) is 7.31. The van der Waals surface area contributed by atoms with Crippen LogP contribution in [0.5, 0.6) is 0 Å². The lowest BCUT2D eigenvalue weighted by atomic mass is 10.4. The molecule has 0 amide bonds. The monoisotopic (exact) mass is 343 g/mol. The second-order valence-electron chi connectivity index (χ2n) is 4.65. The van der Waals surface area contributed by atoms with Crippen LogP contribution in [0, 0.1) is 13.8 Å². The molecule has 0 fully saturated rings. The van der Waals surface area contributed by atoms with Gasteiger partial charge in [-0.15, -0.1) is 11.3 Å². The number of aryl methyl sites for hydroxylation is 2. The van der Waals surface area contributed by atoms with Crippen LogP contribution >= 0.6 is 11.3 Å². The minimum Gasteiger partial charge on any atom is -0.465 e. The van der Waals surface area contributed by atoms with Crippen LogP contribution in [-0.2, 0) is 21.3 Å². The van der Waals surface area contributed by atoms with E-state index in [-0.39, 0.29) is 16.3 Å². The van der Waals surface area contributed by atoms with E-state index in [0.717, 1.165) is 22.7 Å². The molecule has 0 atom stereocenters. The van der Waals surface area contributed by atoms with Crippen molar-refractivity contribution in [1.82, 2.24) is 14.5 Å². The number of methoxy groups -OCH3 is 1. The van der Waals surface area contributed by atoms with E-state index in [2.05, 4.69) is 14.6 Å². The maximum absolute atomic E-state index is 12.3. The minimum atomic E-state index is -3.76. The first-order valence-corrected chi connectivity index (χ1v) is 8.88. The molecular weight excluding hydrogens is 326 g/mol. The summed E-state index contributed by atoms with van der Waals surface area (Å²) in [6.07, 6.45) is 0. The second kappa shape index (κ2) is 6.59. The van der Waals surface area contributed by atoms with Crippen molar-refractivity contribution in [2.24, 2.45) is 0 Å². The summed E-state index contributed by atoms with van der Waals surface area (Å²) in [6, 6.07) is 3.31. The van der Waals surface area contributed by atoms with Crippen molar-refractivity contribution in [2.75, 3.05) is 13.7 Å². The van der Waals surface area contributed by atoms with E-state index in [1.54, 1.807) is 10.1 Å². The molecule has 0 unspecified atom stereocenters. The molecule has 2 rings (SSSR count). The van der Waals surface area contributed by atoms with Gasteiger partial charge in [0.2, 0.25) is 10.0 Å². The SMILES string of the molecule is COC(=O)c1sccc1S(=O)(=O)NCCn1nc(C)cc1C. The Balaban J connectivity index is 2.07. The standard InChI is InChI=1S/C13H17N3O4S2/c1-9-8-10(2)16(15-9)6-5-14-22(18,19)11-4-7-21-12(11)13(17)20-3/h4,7-8,14H,5-6H2,1-3H3. The Hall–Kier alpha value is -1.71. The number of hydrogen-bond donors (Lipinski definition) is 1. The van der Waals surface area contributed by atoms with Gasteiger partial charge in [0, 0.05) is 12.2 Å². The van der Waals surface area contributed by atoms with Gasteiger partial charge in [-0.1, -0.05) is 0 Å². The molecule has 0 saturated carbocycles. The molecule has 0 radical (unpaired) electrons. The lowest BCUT2D eigenvalue weighted by Gasteiger charge is -2.08. The van der Waals surface area contributed by atoms with Crippen LogP contribution in [0.3, 0.4) is 0 Å². The number of nitrogens with zero attached hydrogens (tertiary/aromatic N) is 2. The van der Waals surface area contributed by atoms with E-state index in [9.17, 15) is 13.2 Å². The van der Waals surface area contributed by atoms with E-state index in [1.165, 1.54) is 13.2 Å². The largest absolute Gasteiger partial charge is 0.465 e. The molecule has 9 heteroatoms. The third-order valence-electron chi connectivity index (χ3n) is 3.01. The van der Waals surface area contributed by atoms with E-state index >= 15 is 0 Å². The third-order valence-corrected chi connectivity index (χ3v) is 5.54. The maximum atomic E-state index is 12.3. The average molecular weight is 343 g/mol. The Bertz CT molecular complexity index is 777. The fourth-order valence-corrected chi connectivity index (χ4v) is 4.37. The van der Waals surface area contributed by atoms with Crippen LogP contribution in [-0.4, -0.2) is 37.8 Å². The van der Waals surface area contributed by atoms with Gasteiger partial charge in [-0.2, -0.15) is 5.10 Å². The van der Waals surface area contributed by atoms with Crippen molar-refractivity contribution in [1.29, 1.82) is 0 Å². The molecule has 1 N–H and O–H groups in total. The highest BCUT2D eigenvalue weighted by Crippen LogP contribution is 2.22. The molecule has 0 aliphatic rings. The van der Waals surface area contributed by atoms with Crippen LogP contribution in [0.2, 0.25) is 0 Å². The number of esters is 1. The Morgan fingerprint density at radius 2 is 2.18 bits per heavy atom. The van der Waals surface area contributed by atoms with Crippen molar-refractivity contribution in [3.63, 3.8) is 0 Å². The van der Waals surface area contributed by atoms with Gasteiger partial charge in [-0.05, 0) is 31.4 Å². The van der Waals surface area contributed by atoms with Crippen LogP contribution in [0.4, 0.5) is 0 Å². The Kier molecular flexibility index (Phi) is 4.99. The van der Waals surface area contributed by atoms with Gasteiger partial charge in [0.15, 0.2) is 0 Å². The number of hydrogen-bond acceptors (Lipinski definition) is 6. The Morgan fingerprint density at radius 3 is 2.77 bits per heavy atom. The topological polar surface area (TPSA) is 90.3 Å². The molecular formula is C13H17N3O4S2. The molecule has 0 saturated heterocycles. The number of carbonyl (C=O) groups excluding carboxylic acids is 1. The van der Waals surface area contributed by atoms with Gasteiger partial charge in [-0.25, -0.2) is 17.9 Å². The average Bonchev–Trinajstić information content (AvgIpc) is 3.05. The van der Waals surface area contributed by atoms with Gasteiger partial charge in [0.05, 0.1) is 19.3 Å². The first-order chi connectivity index (χ1) is 10.3. The summed E-state index contributed by atoms with van der Waals surface area (Å²) in [6.45, 7) is 4.38. The van der Waals surface area contributed by atoms with Gasteiger partial charge >= 0.3 is 5.97 Å². The Labute approximate surface area is 133 Å². The predicted molar refractivity (Wildman–Crippen MR) is 82.5 cm³/mol. The summed E-state index contributed by atoms with van der Waals surface area (Å²) in [4.78, 5) is 11.6. The molecule has 0 aliphatic carbocycles. The molecule has 2 aromatic rings. The van der Waals surface area contributed by atoms with Crippen LogP contribution in [0.15, 0.2) is 22.4 Å². The minimum absolute atomic E-state index is 0.0577. The summed E-state index contributed by atoms with van der Waals surface area (Å²) in [5.41, 5.74) is 1.84. The lowest BCUT2D eigenvalue weighted by molar-refractivity contribution is 0.0602. The van der Waals surface area contributed by atoms with Gasteiger partial charge in [0.1, 0.15) is 9.77 Å². The summed E-state index contributed by atoms with van der Waals surface area (Å²) in [7, 11) is -2.54. The number of sulfonamides is 1. The fraction of sp³-hybridized carbons (Fsp3) is 0.385. The molecule has 7 nitrogen and oxygen atoms in total. The fourth-order valence-electron chi connectivity index (χ4n) is 2.02. The van der Waals surface area contributed by atoms with Crippen LogP contribution < -0.4 is 4.72 Å². The van der Waals surface area contributed by atoms with Crippen LogP contribution in [0.1, 0.15) is 21.1 Å². The predicted octanol–water partition coefficient (Wildman–Crippen LogP) is 1.33. The number of aromatic nitrogens is 2. The number of rotatable bonds is 6. The van der Waals surface area contributed by atoms with E-state index < -0.39 is 16.0 Å². The van der Waals surface area contributed by atoms with Crippen molar-refractivity contribution in [3.8, 4) is 0 Å². The quantitative estimate of drug-likeness (QED) is 0.799. The highest BCUT2D eigenvalue weighted by Gasteiger charge is 2.24. The van der Waals surface area contributed by atoms with Gasteiger partial charge < -0.3 is 4.74 Å². The van der Waals surface area contributed by atoms with E-state index in [4.69, 9.17) is 0 Å². The smallest absolute Gasteiger partial charge is 0.349 e. The highest BCUT2D eigenvalue weighted by atomic mass is 32.2. The molecule has 22 heavy (non-hydrogen) atoms. The van der Waals surface area contributed by atoms with Gasteiger partial charge in [-0.3, -0.25) is 4.68 Å². The molecule has 2 aromatic heterocycles. The van der Waals surface area contributed by atoms with Crippen molar-refractivity contribution < 1.29 is 17.9 Å². The van der Waals surface area contributed by atoms with E-state index in [0.29, 0.717) is 6.54 Å².